The Kier molecular flexibility index (Phi) is 6.15. The Morgan fingerprint density at radius 3 is 2.06 bits per heavy atom. The Morgan fingerprint density at radius 2 is 1.45 bits per heavy atom. The zero-order valence-electron chi connectivity index (χ0n) is 18.3. The maximum Gasteiger partial charge on any atom is 0.338 e. The SMILES string of the molecule is Cc1nc2ccc(C(=O)OCC(=O)NC(=O)c3ccc(C(C)(C)C)cc3)cc2nc1C. The average Bonchev–Trinajstić information content (AvgIpc) is 2.72. The number of hydrogen-bond acceptors (Lipinski definition) is 6. The standard InChI is InChI=1S/C24H25N3O4/c1-14-15(2)26-20-12-17(8-11-19(20)25-14)23(30)31-13-21(28)27-22(29)16-6-9-18(10-7-16)24(3,4)5/h6-12H,13H2,1-5H3,(H,27,28,29). The van der Waals surface area contributed by atoms with Gasteiger partial charge in [-0.3, -0.25) is 14.9 Å². The van der Waals surface area contributed by atoms with Gasteiger partial charge in [0.25, 0.3) is 11.8 Å². The topological polar surface area (TPSA) is 98.2 Å². The molecule has 0 radical (unpaired) electrons. The van der Waals surface area contributed by atoms with Crippen molar-refractivity contribution in [3.05, 3.63) is 70.5 Å². The fourth-order valence-electron chi connectivity index (χ4n) is 2.93. The zero-order valence-corrected chi connectivity index (χ0v) is 18.3. The lowest BCUT2D eigenvalue weighted by molar-refractivity contribution is -0.123. The molecule has 3 rings (SSSR count). The lowest BCUT2D eigenvalue weighted by Crippen LogP contribution is -2.34. The summed E-state index contributed by atoms with van der Waals surface area (Å²) in [5.74, 6) is -1.93. The maximum atomic E-state index is 12.3. The van der Waals surface area contributed by atoms with E-state index in [9.17, 15) is 14.4 Å². The van der Waals surface area contributed by atoms with E-state index in [1.165, 1.54) is 0 Å². The summed E-state index contributed by atoms with van der Waals surface area (Å²) in [5, 5.41) is 2.23. The molecular weight excluding hydrogens is 394 g/mol. The molecule has 7 heteroatoms. The van der Waals surface area contributed by atoms with Crippen LogP contribution in [0.4, 0.5) is 0 Å². The summed E-state index contributed by atoms with van der Waals surface area (Å²) in [6, 6.07) is 11.8. The van der Waals surface area contributed by atoms with E-state index in [1.807, 2.05) is 26.0 Å². The van der Waals surface area contributed by atoms with Gasteiger partial charge >= 0.3 is 5.97 Å². The first-order chi connectivity index (χ1) is 14.5. The van der Waals surface area contributed by atoms with Gasteiger partial charge in [-0.25, -0.2) is 14.8 Å². The van der Waals surface area contributed by atoms with Crippen LogP contribution < -0.4 is 5.32 Å². The number of carbonyl (C=O) groups excluding carboxylic acids is 3. The quantitative estimate of drug-likeness (QED) is 0.648. The number of nitrogens with zero attached hydrogens (tertiary/aromatic N) is 2. The Hall–Kier alpha value is -3.61. The number of imide groups is 1. The summed E-state index contributed by atoms with van der Waals surface area (Å²) >= 11 is 0. The molecule has 0 fully saturated rings. The van der Waals surface area contributed by atoms with Crippen molar-refractivity contribution in [1.82, 2.24) is 15.3 Å². The molecule has 0 aliphatic rings. The lowest BCUT2D eigenvalue weighted by Gasteiger charge is -2.19. The molecule has 0 saturated heterocycles. The number of benzene rings is 2. The van der Waals surface area contributed by atoms with E-state index in [4.69, 9.17) is 4.74 Å². The molecule has 7 nitrogen and oxygen atoms in total. The molecule has 3 aromatic rings. The van der Waals surface area contributed by atoms with Crippen LogP contribution in [0.5, 0.6) is 0 Å². The second-order valence-corrected chi connectivity index (χ2v) is 8.38. The molecule has 0 unspecified atom stereocenters. The van der Waals surface area contributed by atoms with E-state index in [1.54, 1.807) is 30.3 Å². The molecule has 0 bridgehead atoms. The number of esters is 1. The molecule has 0 saturated carbocycles. The van der Waals surface area contributed by atoms with Crippen LogP contribution in [0.2, 0.25) is 0 Å². The molecule has 1 heterocycles. The number of ether oxygens (including phenoxy) is 1. The second-order valence-electron chi connectivity index (χ2n) is 8.38. The Balaban J connectivity index is 1.59. The van der Waals surface area contributed by atoms with Gasteiger partial charge in [0, 0.05) is 5.56 Å². The molecule has 1 N–H and O–H groups in total. The highest BCUT2D eigenvalue weighted by atomic mass is 16.5. The summed E-state index contributed by atoms with van der Waals surface area (Å²) in [4.78, 5) is 45.4. The van der Waals surface area contributed by atoms with Gasteiger partial charge in [-0.1, -0.05) is 32.9 Å². The Labute approximate surface area is 180 Å². The Bertz CT molecular complexity index is 1160. The van der Waals surface area contributed by atoms with Crippen molar-refractivity contribution in [2.45, 2.75) is 40.0 Å². The smallest absolute Gasteiger partial charge is 0.338 e. The Morgan fingerprint density at radius 1 is 0.871 bits per heavy atom. The van der Waals surface area contributed by atoms with Crippen molar-refractivity contribution in [3.63, 3.8) is 0 Å². The van der Waals surface area contributed by atoms with E-state index < -0.39 is 24.4 Å². The van der Waals surface area contributed by atoms with Gasteiger partial charge in [0.2, 0.25) is 0 Å². The van der Waals surface area contributed by atoms with Gasteiger partial charge in [0.05, 0.1) is 28.0 Å². The third-order valence-electron chi connectivity index (χ3n) is 4.91. The largest absolute Gasteiger partial charge is 0.452 e. The van der Waals surface area contributed by atoms with E-state index >= 15 is 0 Å². The highest BCUT2D eigenvalue weighted by molar-refractivity contribution is 6.05. The van der Waals surface area contributed by atoms with Crippen LogP contribution in [0.1, 0.15) is 58.4 Å². The zero-order chi connectivity index (χ0) is 22.8. The number of nitrogens with one attached hydrogen (secondary N) is 1. The average molecular weight is 419 g/mol. The highest BCUT2D eigenvalue weighted by Crippen LogP contribution is 2.22. The summed E-state index contributed by atoms with van der Waals surface area (Å²) in [5.41, 5.74) is 4.47. The number of rotatable bonds is 4. The molecule has 0 atom stereocenters. The number of fused-ring (bicyclic) bond motifs is 1. The minimum Gasteiger partial charge on any atom is -0.452 e. The maximum absolute atomic E-state index is 12.3. The fraction of sp³-hybridized carbons (Fsp3) is 0.292. The third kappa shape index (κ3) is 5.31. The number of carbonyl (C=O) groups is 3. The van der Waals surface area contributed by atoms with Crippen molar-refractivity contribution < 1.29 is 19.1 Å². The van der Waals surface area contributed by atoms with Gasteiger partial charge in [-0.05, 0) is 55.2 Å². The minimum absolute atomic E-state index is 0.0368. The van der Waals surface area contributed by atoms with Crippen molar-refractivity contribution in [2.24, 2.45) is 0 Å². The summed E-state index contributed by atoms with van der Waals surface area (Å²) in [7, 11) is 0. The van der Waals surface area contributed by atoms with Crippen molar-refractivity contribution in [3.8, 4) is 0 Å². The lowest BCUT2D eigenvalue weighted by atomic mass is 9.87. The van der Waals surface area contributed by atoms with Crippen LogP contribution in [-0.2, 0) is 14.9 Å². The third-order valence-corrected chi connectivity index (χ3v) is 4.91. The summed E-state index contributed by atoms with van der Waals surface area (Å²) in [6.07, 6.45) is 0. The molecule has 160 valence electrons. The van der Waals surface area contributed by atoms with Gasteiger partial charge in [-0.2, -0.15) is 0 Å². The number of hydrogen-bond donors (Lipinski definition) is 1. The van der Waals surface area contributed by atoms with Gasteiger partial charge in [0.1, 0.15) is 0 Å². The van der Waals surface area contributed by atoms with E-state index in [2.05, 4.69) is 36.1 Å². The van der Waals surface area contributed by atoms with E-state index in [0.29, 0.717) is 16.6 Å². The molecule has 0 aliphatic carbocycles. The van der Waals surface area contributed by atoms with Crippen LogP contribution in [0.3, 0.4) is 0 Å². The molecule has 0 aliphatic heterocycles. The van der Waals surface area contributed by atoms with Crippen LogP contribution in [0.15, 0.2) is 42.5 Å². The minimum atomic E-state index is -0.703. The highest BCUT2D eigenvalue weighted by Gasteiger charge is 2.17. The van der Waals surface area contributed by atoms with E-state index in [0.717, 1.165) is 17.0 Å². The van der Waals surface area contributed by atoms with Gasteiger partial charge in [-0.15, -0.1) is 0 Å². The normalized spacial score (nSPS) is 11.3. The van der Waals surface area contributed by atoms with Crippen molar-refractivity contribution in [2.75, 3.05) is 6.61 Å². The molecule has 0 spiro atoms. The van der Waals surface area contributed by atoms with Crippen molar-refractivity contribution in [1.29, 1.82) is 0 Å². The first-order valence-electron chi connectivity index (χ1n) is 9.91. The van der Waals surface area contributed by atoms with Crippen LogP contribution in [-0.4, -0.2) is 34.4 Å². The first-order valence-corrected chi connectivity index (χ1v) is 9.91. The predicted molar refractivity (Wildman–Crippen MR) is 117 cm³/mol. The molecule has 31 heavy (non-hydrogen) atoms. The van der Waals surface area contributed by atoms with Crippen LogP contribution >= 0.6 is 0 Å². The predicted octanol–water partition coefficient (Wildman–Crippen LogP) is 3.66. The number of aryl methyl sites for hydroxylation is 2. The van der Waals surface area contributed by atoms with Gasteiger partial charge < -0.3 is 4.74 Å². The van der Waals surface area contributed by atoms with Crippen LogP contribution in [0.25, 0.3) is 11.0 Å². The molecule has 1 aromatic heterocycles. The van der Waals surface area contributed by atoms with Gasteiger partial charge in [0.15, 0.2) is 6.61 Å². The summed E-state index contributed by atoms with van der Waals surface area (Å²) < 4.78 is 5.04. The van der Waals surface area contributed by atoms with E-state index in [-0.39, 0.29) is 11.0 Å². The summed E-state index contributed by atoms with van der Waals surface area (Å²) in [6.45, 7) is 9.35. The number of amides is 2. The van der Waals surface area contributed by atoms with Crippen molar-refractivity contribution >= 4 is 28.8 Å². The molecular formula is C24H25N3O4. The first kappa shape index (κ1) is 22.1. The monoisotopic (exact) mass is 419 g/mol. The second kappa shape index (κ2) is 8.63. The van der Waals surface area contributed by atoms with Crippen LogP contribution in [0, 0.1) is 13.8 Å². The molecule has 2 amide bonds. The fourth-order valence-corrected chi connectivity index (χ4v) is 2.93. The molecule has 2 aromatic carbocycles. The number of aromatic nitrogens is 2.